The van der Waals surface area contributed by atoms with Crippen LogP contribution in [0.3, 0.4) is 0 Å². The molecule has 1 N–H and O–H groups in total. The third-order valence-electron chi connectivity index (χ3n) is 5.49. The van der Waals surface area contributed by atoms with Crippen LogP contribution in [-0.2, 0) is 21.7 Å². The van der Waals surface area contributed by atoms with E-state index in [2.05, 4.69) is 29.2 Å². The van der Waals surface area contributed by atoms with Gasteiger partial charge in [-0.2, -0.15) is 0 Å². The van der Waals surface area contributed by atoms with Crippen molar-refractivity contribution in [3.63, 3.8) is 0 Å². The molecule has 3 aliphatic heterocycles. The van der Waals surface area contributed by atoms with Crippen LogP contribution in [0.1, 0.15) is 36.8 Å². The highest BCUT2D eigenvalue weighted by Crippen LogP contribution is 2.43. The van der Waals surface area contributed by atoms with Crippen LogP contribution in [0.2, 0.25) is 0 Å². The number of aliphatic hydroxyl groups is 1. The van der Waals surface area contributed by atoms with Crippen LogP contribution in [0.4, 0.5) is 0 Å². The fraction of sp³-hybridized carbons (Fsp3) is 0.667. The molecule has 4 nitrogen and oxygen atoms in total. The number of benzene rings is 1. The Morgan fingerprint density at radius 3 is 2.82 bits per heavy atom. The third kappa shape index (κ3) is 2.58. The summed E-state index contributed by atoms with van der Waals surface area (Å²) < 4.78 is 11.6. The van der Waals surface area contributed by atoms with Gasteiger partial charge in [0.05, 0.1) is 12.2 Å². The van der Waals surface area contributed by atoms with Gasteiger partial charge in [-0.3, -0.25) is 4.90 Å². The molecule has 120 valence electrons. The number of nitrogens with zero attached hydrogens (tertiary/aromatic N) is 1. The molecular weight excluding hydrogens is 278 g/mol. The monoisotopic (exact) mass is 303 g/mol. The molecule has 0 aliphatic carbocycles. The fourth-order valence-electron chi connectivity index (χ4n) is 4.29. The molecular formula is C18H25NO3. The van der Waals surface area contributed by atoms with Gasteiger partial charge in [0.25, 0.3) is 0 Å². The van der Waals surface area contributed by atoms with Crippen molar-refractivity contribution in [2.45, 2.75) is 43.5 Å². The van der Waals surface area contributed by atoms with Crippen LogP contribution in [0.25, 0.3) is 0 Å². The van der Waals surface area contributed by atoms with E-state index in [-0.39, 0.29) is 5.60 Å². The van der Waals surface area contributed by atoms with Crippen LogP contribution in [-0.4, -0.2) is 48.5 Å². The molecule has 4 rings (SSSR count). The first-order valence-corrected chi connectivity index (χ1v) is 8.44. The first-order chi connectivity index (χ1) is 10.7. The van der Waals surface area contributed by atoms with Crippen molar-refractivity contribution in [3.8, 4) is 0 Å². The summed E-state index contributed by atoms with van der Waals surface area (Å²) in [5.74, 6) is 0. The minimum atomic E-state index is -0.588. The highest BCUT2D eigenvalue weighted by atomic mass is 16.5. The lowest BCUT2D eigenvalue weighted by atomic mass is 9.84. The average molecular weight is 303 g/mol. The molecule has 0 bridgehead atoms. The van der Waals surface area contributed by atoms with E-state index in [9.17, 15) is 5.11 Å². The van der Waals surface area contributed by atoms with E-state index in [0.717, 1.165) is 51.9 Å². The number of hydrogen-bond acceptors (Lipinski definition) is 4. The van der Waals surface area contributed by atoms with Crippen molar-refractivity contribution in [2.24, 2.45) is 0 Å². The van der Waals surface area contributed by atoms with Crippen LogP contribution in [0.15, 0.2) is 24.3 Å². The smallest absolute Gasteiger partial charge is 0.107 e. The van der Waals surface area contributed by atoms with Gasteiger partial charge in [0.15, 0.2) is 0 Å². The SMILES string of the molecule is OC1(CN2CCCC3(C2)OCc2ccccc23)CCOCC1. The van der Waals surface area contributed by atoms with Crippen molar-refractivity contribution in [2.75, 3.05) is 32.8 Å². The summed E-state index contributed by atoms with van der Waals surface area (Å²) in [7, 11) is 0. The second-order valence-corrected chi connectivity index (χ2v) is 7.09. The van der Waals surface area contributed by atoms with Crippen molar-refractivity contribution in [3.05, 3.63) is 35.4 Å². The summed E-state index contributed by atoms with van der Waals surface area (Å²) in [4.78, 5) is 2.40. The van der Waals surface area contributed by atoms with E-state index in [1.54, 1.807) is 0 Å². The van der Waals surface area contributed by atoms with Crippen molar-refractivity contribution in [1.82, 2.24) is 4.90 Å². The zero-order chi connectivity index (χ0) is 15.0. The Hall–Kier alpha value is -0.940. The maximum atomic E-state index is 10.8. The number of hydrogen-bond donors (Lipinski definition) is 1. The zero-order valence-corrected chi connectivity index (χ0v) is 13.1. The summed E-state index contributed by atoms with van der Waals surface area (Å²) in [5, 5.41) is 10.8. The van der Waals surface area contributed by atoms with Gasteiger partial charge in [-0.15, -0.1) is 0 Å². The van der Waals surface area contributed by atoms with E-state index >= 15 is 0 Å². The van der Waals surface area contributed by atoms with E-state index in [4.69, 9.17) is 9.47 Å². The Bertz CT molecular complexity index is 537. The molecule has 4 heteroatoms. The Kier molecular flexibility index (Phi) is 3.73. The largest absolute Gasteiger partial charge is 0.388 e. The number of piperidine rings is 1. The van der Waals surface area contributed by atoms with E-state index in [0.29, 0.717) is 13.2 Å². The van der Waals surface area contributed by atoms with Crippen LogP contribution >= 0.6 is 0 Å². The number of fused-ring (bicyclic) bond motifs is 2. The Labute approximate surface area is 132 Å². The maximum Gasteiger partial charge on any atom is 0.107 e. The van der Waals surface area contributed by atoms with Gasteiger partial charge in [0.2, 0.25) is 0 Å². The van der Waals surface area contributed by atoms with Crippen molar-refractivity contribution < 1.29 is 14.6 Å². The molecule has 2 fully saturated rings. The van der Waals surface area contributed by atoms with Crippen molar-refractivity contribution in [1.29, 1.82) is 0 Å². The molecule has 0 aromatic heterocycles. The molecule has 1 atom stereocenters. The van der Waals surface area contributed by atoms with E-state index < -0.39 is 5.60 Å². The molecule has 22 heavy (non-hydrogen) atoms. The van der Waals surface area contributed by atoms with Gasteiger partial charge < -0.3 is 14.6 Å². The summed E-state index contributed by atoms with van der Waals surface area (Å²) in [6.07, 6.45) is 3.70. The van der Waals surface area contributed by atoms with Gasteiger partial charge in [-0.05, 0) is 30.5 Å². The molecule has 0 radical (unpaired) electrons. The summed E-state index contributed by atoms with van der Waals surface area (Å²) in [5.41, 5.74) is 1.94. The quantitative estimate of drug-likeness (QED) is 0.908. The lowest BCUT2D eigenvalue weighted by molar-refractivity contribution is -0.118. The normalized spacial score (nSPS) is 31.3. The standard InChI is InChI=1S/C18H25NO3/c20-17(7-10-21-11-8-17)13-19-9-3-6-18(14-19)16-5-2-1-4-15(16)12-22-18/h1-2,4-5,20H,3,6-14H2. The van der Waals surface area contributed by atoms with Gasteiger partial charge in [-0.25, -0.2) is 0 Å². The fourth-order valence-corrected chi connectivity index (χ4v) is 4.29. The number of likely N-dealkylation sites (tertiary alicyclic amines) is 1. The predicted octanol–water partition coefficient (Wildman–Crippen LogP) is 2.05. The van der Waals surface area contributed by atoms with Gasteiger partial charge in [0, 0.05) is 39.1 Å². The molecule has 1 spiro atoms. The molecule has 1 unspecified atom stereocenters. The Balaban J connectivity index is 1.51. The Morgan fingerprint density at radius 1 is 1.14 bits per heavy atom. The minimum absolute atomic E-state index is 0.156. The summed E-state index contributed by atoms with van der Waals surface area (Å²) in [6, 6.07) is 8.59. The molecule has 3 aliphatic rings. The second kappa shape index (κ2) is 5.60. The summed E-state index contributed by atoms with van der Waals surface area (Å²) >= 11 is 0. The molecule has 1 aromatic carbocycles. The first-order valence-electron chi connectivity index (χ1n) is 8.44. The van der Waals surface area contributed by atoms with E-state index in [1.807, 2.05) is 0 Å². The highest BCUT2D eigenvalue weighted by molar-refractivity contribution is 5.36. The number of ether oxygens (including phenoxy) is 2. The minimum Gasteiger partial charge on any atom is -0.388 e. The Morgan fingerprint density at radius 2 is 1.95 bits per heavy atom. The van der Waals surface area contributed by atoms with E-state index in [1.165, 1.54) is 11.1 Å². The predicted molar refractivity (Wildman–Crippen MR) is 83.6 cm³/mol. The molecule has 3 heterocycles. The highest BCUT2D eigenvalue weighted by Gasteiger charge is 2.44. The lowest BCUT2D eigenvalue weighted by Crippen LogP contribution is -2.53. The van der Waals surface area contributed by atoms with Crippen molar-refractivity contribution >= 4 is 0 Å². The second-order valence-electron chi connectivity index (χ2n) is 7.09. The number of rotatable bonds is 2. The topological polar surface area (TPSA) is 41.9 Å². The summed E-state index contributed by atoms with van der Waals surface area (Å²) in [6.45, 7) is 4.76. The van der Waals surface area contributed by atoms with Gasteiger partial charge in [-0.1, -0.05) is 24.3 Å². The number of β-amino-alcohol motifs (C(OH)–C–C–N with tert-alkyl or cyclic N) is 1. The molecule has 1 aromatic rings. The molecule has 2 saturated heterocycles. The van der Waals surface area contributed by atoms with Crippen LogP contribution in [0.5, 0.6) is 0 Å². The van der Waals surface area contributed by atoms with Gasteiger partial charge in [0.1, 0.15) is 5.60 Å². The third-order valence-corrected chi connectivity index (χ3v) is 5.49. The zero-order valence-electron chi connectivity index (χ0n) is 13.1. The maximum absolute atomic E-state index is 10.8. The molecule has 0 amide bonds. The lowest BCUT2D eigenvalue weighted by Gasteiger charge is -2.44. The molecule has 0 saturated carbocycles. The average Bonchev–Trinajstić information content (AvgIpc) is 2.87. The first kappa shape index (κ1) is 14.6. The van der Waals surface area contributed by atoms with Crippen LogP contribution < -0.4 is 0 Å². The van der Waals surface area contributed by atoms with Crippen LogP contribution in [0, 0.1) is 0 Å². The van der Waals surface area contributed by atoms with Gasteiger partial charge >= 0.3 is 0 Å².